The number of hydrogen-bond acceptors (Lipinski definition) is 4. The zero-order chi connectivity index (χ0) is 11.7. The highest BCUT2D eigenvalue weighted by Gasteiger charge is 2.15. The second-order valence-corrected chi connectivity index (χ2v) is 5.55. The van der Waals surface area contributed by atoms with Crippen molar-refractivity contribution in [2.75, 3.05) is 18.5 Å². The summed E-state index contributed by atoms with van der Waals surface area (Å²) in [5.41, 5.74) is 2.38. The predicted molar refractivity (Wildman–Crippen MR) is 71.8 cm³/mol. The number of anilines is 1. The summed E-state index contributed by atoms with van der Waals surface area (Å²) in [6.45, 7) is 3.84. The molecule has 0 aliphatic carbocycles. The zero-order valence-electron chi connectivity index (χ0n) is 9.90. The van der Waals surface area contributed by atoms with Crippen LogP contribution in [0, 0.1) is 6.92 Å². The largest absolute Gasteiger partial charge is 0.381 e. The van der Waals surface area contributed by atoms with Crippen LogP contribution in [0.25, 0.3) is 10.2 Å². The molecule has 3 nitrogen and oxygen atoms in total. The fraction of sp³-hybridized carbons (Fsp3) is 0.462. The van der Waals surface area contributed by atoms with Crippen molar-refractivity contribution >= 4 is 26.7 Å². The molecule has 0 radical (unpaired) electrons. The minimum atomic E-state index is 0.519. The lowest BCUT2D eigenvalue weighted by molar-refractivity contribution is 0.0904. The van der Waals surface area contributed by atoms with Crippen LogP contribution in [0.4, 0.5) is 5.13 Å². The third kappa shape index (κ3) is 2.42. The Bertz CT molecular complexity index is 517. The fourth-order valence-corrected chi connectivity index (χ4v) is 3.15. The molecular formula is C13H16N2OS. The molecule has 2 aromatic rings. The van der Waals surface area contributed by atoms with Crippen molar-refractivity contribution in [3.63, 3.8) is 0 Å². The molecule has 1 aromatic carbocycles. The maximum Gasteiger partial charge on any atom is 0.184 e. The van der Waals surface area contributed by atoms with E-state index in [9.17, 15) is 0 Å². The molecule has 1 aromatic heterocycles. The Morgan fingerprint density at radius 1 is 1.35 bits per heavy atom. The summed E-state index contributed by atoms with van der Waals surface area (Å²) in [5, 5.41) is 4.56. The average molecular weight is 248 g/mol. The van der Waals surface area contributed by atoms with Gasteiger partial charge >= 0.3 is 0 Å². The number of ether oxygens (including phenoxy) is 1. The number of rotatable bonds is 2. The molecule has 90 valence electrons. The van der Waals surface area contributed by atoms with E-state index in [1.807, 2.05) is 0 Å². The molecule has 0 atom stereocenters. The summed E-state index contributed by atoms with van der Waals surface area (Å²) in [5.74, 6) is 0. The number of hydrogen-bond donors (Lipinski definition) is 1. The Labute approximate surface area is 105 Å². The van der Waals surface area contributed by atoms with Gasteiger partial charge in [0.1, 0.15) is 0 Å². The van der Waals surface area contributed by atoms with E-state index in [2.05, 4.69) is 35.4 Å². The Kier molecular flexibility index (Phi) is 2.99. The molecule has 0 saturated carbocycles. The van der Waals surface area contributed by atoms with Crippen LogP contribution in [-0.4, -0.2) is 24.2 Å². The third-order valence-corrected chi connectivity index (χ3v) is 4.04. The smallest absolute Gasteiger partial charge is 0.184 e. The molecule has 1 aliphatic rings. The maximum absolute atomic E-state index is 5.36. The molecule has 0 spiro atoms. The Morgan fingerprint density at radius 3 is 3.00 bits per heavy atom. The first kappa shape index (κ1) is 11.0. The summed E-state index contributed by atoms with van der Waals surface area (Å²) < 4.78 is 6.62. The van der Waals surface area contributed by atoms with Crippen LogP contribution in [0.3, 0.4) is 0 Å². The molecule has 1 saturated heterocycles. The number of aromatic nitrogens is 1. The van der Waals surface area contributed by atoms with E-state index < -0.39 is 0 Å². The molecule has 2 heterocycles. The summed E-state index contributed by atoms with van der Waals surface area (Å²) in [4.78, 5) is 4.61. The van der Waals surface area contributed by atoms with Crippen LogP contribution >= 0.6 is 11.3 Å². The number of nitrogens with one attached hydrogen (secondary N) is 1. The SMILES string of the molecule is Cc1ccc2nc(NC3CCOCC3)sc2c1. The number of nitrogens with zero attached hydrogens (tertiary/aromatic N) is 1. The van der Waals surface area contributed by atoms with Crippen molar-refractivity contribution in [1.29, 1.82) is 0 Å². The van der Waals surface area contributed by atoms with Gasteiger partial charge in [-0.2, -0.15) is 0 Å². The van der Waals surface area contributed by atoms with E-state index in [4.69, 9.17) is 4.74 Å². The van der Waals surface area contributed by atoms with Gasteiger partial charge in [0.05, 0.1) is 10.2 Å². The lowest BCUT2D eigenvalue weighted by atomic mass is 10.1. The van der Waals surface area contributed by atoms with Crippen molar-refractivity contribution in [3.05, 3.63) is 23.8 Å². The van der Waals surface area contributed by atoms with Crippen LogP contribution < -0.4 is 5.32 Å². The predicted octanol–water partition coefficient (Wildman–Crippen LogP) is 3.20. The van der Waals surface area contributed by atoms with Gasteiger partial charge in [-0.3, -0.25) is 0 Å². The first-order chi connectivity index (χ1) is 8.31. The van der Waals surface area contributed by atoms with Gasteiger partial charge in [-0.25, -0.2) is 4.98 Å². The molecule has 1 fully saturated rings. The normalized spacial score (nSPS) is 17.5. The van der Waals surface area contributed by atoms with E-state index in [0.29, 0.717) is 6.04 Å². The second kappa shape index (κ2) is 4.63. The maximum atomic E-state index is 5.36. The number of thiazole rings is 1. The Balaban J connectivity index is 1.80. The number of fused-ring (bicyclic) bond motifs is 1. The van der Waals surface area contributed by atoms with E-state index in [0.717, 1.165) is 36.7 Å². The molecule has 1 N–H and O–H groups in total. The molecule has 3 rings (SSSR count). The van der Waals surface area contributed by atoms with Gasteiger partial charge in [0.15, 0.2) is 5.13 Å². The Hall–Kier alpha value is -1.13. The van der Waals surface area contributed by atoms with Crippen molar-refractivity contribution in [1.82, 2.24) is 4.98 Å². The summed E-state index contributed by atoms with van der Waals surface area (Å²) in [6.07, 6.45) is 2.16. The Morgan fingerprint density at radius 2 is 2.18 bits per heavy atom. The highest BCUT2D eigenvalue weighted by molar-refractivity contribution is 7.22. The molecule has 4 heteroatoms. The van der Waals surface area contributed by atoms with Gasteiger partial charge in [-0.1, -0.05) is 17.4 Å². The average Bonchev–Trinajstić information content (AvgIpc) is 2.71. The van der Waals surface area contributed by atoms with Crippen LogP contribution in [-0.2, 0) is 4.74 Å². The van der Waals surface area contributed by atoms with Gasteiger partial charge in [0, 0.05) is 19.3 Å². The van der Waals surface area contributed by atoms with Crippen molar-refractivity contribution in [2.24, 2.45) is 0 Å². The van der Waals surface area contributed by atoms with Gasteiger partial charge in [-0.15, -0.1) is 0 Å². The van der Waals surface area contributed by atoms with E-state index in [1.54, 1.807) is 11.3 Å². The van der Waals surface area contributed by atoms with Gasteiger partial charge in [0.2, 0.25) is 0 Å². The van der Waals surface area contributed by atoms with E-state index in [-0.39, 0.29) is 0 Å². The minimum Gasteiger partial charge on any atom is -0.381 e. The third-order valence-electron chi connectivity index (χ3n) is 3.09. The number of benzene rings is 1. The molecule has 1 aliphatic heterocycles. The van der Waals surface area contributed by atoms with Crippen LogP contribution in [0.15, 0.2) is 18.2 Å². The highest BCUT2D eigenvalue weighted by atomic mass is 32.1. The first-order valence-corrected chi connectivity index (χ1v) is 6.84. The van der Waals surface area contributed by atoms with Crippen LogP contribution in [0.5, 0.6) is 0 Å². The quantitative estimate of drug-likeness (QED) is 0.886. The summed E-state index contributed by atoms with van der Waals surface area (Å²) in [6, 6.07) is 6.92. The van der Waals surface area contributed by atoms with Crippen LogP contribution in [0.2, 0.25) is 0 Å². The van der Waals surface area contributed by atoms with Gasteiger partial charge in [-0.05, 0) is 37.5 Å². The lowest BCUT2D eigenvalue weighted by Crippen LogP contribution is -2.27. The van der Waals surface area contributed by atoms with Gasteiger partial charge in [0.25, 0.3) is 0 Å². The highest BCUT2D eigenvalue weighted by Crippen LogP contribution is 2.28. The lowest BCUT2D eigenvalue weighted by Gasteiger charge is -2.22. The van der Waals surface area contributed by atoms with E-state index in [1.165, 1.54) is 10.3 Å². The van der Waals surface area contributed by atoms with Crippen molar-refractivity contribution < 1.29 is 4.74 Å². The standard InChI is InChI=1S/C13H16N2OS/c1-9-2-3-11-12(8-9)17-13(15-11)14-10-4-6-16-7-5-10/h2-3,8,10H,4-7H2,1H3,(H,14,15). The minimum absolute atomic E-state index is 0.519. The zero-order valence-corrected chi connectivity index (χ0v) is 10.7. The molecule has 0 bridgehead atoms. The van der Waals surface area contributed by atoms with E-state index >= 15 is 0 Å². The summed E-state index contributed by atoms with van der Waals surface area (Å²) in [7, 11) is 0. The van der Waals surface area contributed by atoms with Crippen molar-refractivity contribution in [2.45, 2.75) is 25.8 Å². The summed E-state index contributed by atoms with van der Waals surface area (Å²) >= 11 is 1.74. The second-order valence-electron chi connectivity index (χ2n) is 4.52. The van der Waals surface area contributed by atoms with Gasteiger partial charge < -0.3 is 10.1 Å². The topological polar surface area (TPSA) is 34.2 Å². The molecular weight excluding hydrogens is 232 g/mol. The first-order valence-electron chi connectivity index (χ1n) is 6.03. The molecule has 0 amide bonds. The molecule has 0 unspecified atom stereocenters. The fourth-order valence-electron chi connectivity index (χ4n) is 2.11. The monoisotopic (exact) mass is 248 g/mol. The van der Waals surface area contributed by atoms with Crippen LogP contribution in [0.1, 0.15) is 18.4 Å². The van der Waals surface area contributed by atoms with Crippen molar-refractivity contribution in [3.8, 4) is 0 Å². The molecule has 17 heavy (non-hydrogen) atoms. The number of aryl methyl sites for hydroxylation is 1.